The van der Waals surface area contributed by atoms with Crippen molar-refractivity contribution in [3.05, 3.63) is 206 Å². The molecule has 4 heteroatoms. The zero-order valence-corrected chi connectivity index (χ0v) is 29.9. The molecular weight excluding hydrogens is 669 g/mol. The maximum absolute atomic E-state index is 5.12. The topological polar surface area (TPSA) is 43.6 Å². The summed E-state index contributed by atoms with van der Waals surface area (Å²) in [6.07, 6.45) is 0. The Hall–Kier alpha value is -7.43. The van der Waals surface area contributed by atoms with E-state index >= 15 is 0 Å². The van der Waals surface area contributed by atoms with Crippen molar-refractivity contribution in [1.29, 1.82) is 0 Å². The van der Waals surface area contributed by atoms with Crippen molar-refractivity contribution in [1.82, 2.24) is 19.5 Å². The Labute approximate surface area is 319 Å². The van der Waals surface area contributed by atoms with E-state index in [0.717, 1.165) is 44.6 Å². The summed E-state index contributed by atoms with van der Waals surface area (Å²) in [5.41, 5.74) is 13.2. The summed E-state index contributed by atoms with van der Waals surface area (Å²) in [7, 11) is 0. The highest BCUT2D eigenvalue weighted by Crippen LogP contribution is 2.39. The lowest BCUT2D eigenvalue weighted by Gasteiger charge is -2.15. The third-order valence-corrected chi connectivity index (χ3v) is 10.3. The van der Waals surface area contributed by atoms with Gasteiger partial charge in [-0.05, 0) is 52.1 Å². The molecule has 10 rings (SSSR count). The average Bonchev–Trinajstić information content (AvgIpc) is 3.61. The summed E-state index contributed by atoms with van der Waals surface area (Å²) in [5, 5.41) is 2.46. The molecule has 4 nitrogen and oxygen atoms in total. The fourth-order valence-electron chi connectivity index (χ4n) is 7.64. The summed E-state index contributed by atoms with van der Waals surface area (Å²) in [6.45, 7) is 0. The molecule has 55 heavy (non-hydrogen) atoms. The SMILES string of the molecule is c1ccc(-c2ccc3c(c2)c2ccccc2n3-c2ccccc2-c2ccc(-c3nc(-c4ccccc4)nc(-c4ccccc4-c4ccccc4)n3)cc2)cc1. The molecule has 0 bridgehead atoms. The number of benzene rings is 8. The standard InChI is InChI=1S/C51H34N4/c1-4-16-35(17-5-1)40-32-33-48-45(34-40)43-24-13-15-27-47(43)55(48)46-26-14-12-23-42(46)37-28-30-39(31-29-37)50-52-49(38-20-8-3-9-21-38)53-51(54-50)44-25-11-10-22-41(44)36-18-6-2-7-19-36/h1-34H. The van der Waals surface area contributed by atoms with E-state index in [9.17, 15) is 0 Å². The van der Waals surface area contributed by atoms with E-state index in [2.05, 4.69) is 168 Å². The minimum atomic E-state index is 0.628. The van der Waals surface area contributed by atoms with Gasteiger partial charge in [-0.15, -0.1) is 0 Å². The van der Waals surface area contributed by atoms with Gasteiger partial charge in [0.25, 0.3) is 0 Å². The van der Waals surface area contributed by atoms with Crippen molar-refractivity contribution >= 4 is 21.8 Å². The molecule has 0 saturated carbocycles. The summed E-state index contributed by atoms with van der Waals surface area (Å²) >= 11 is 0. The number of aromatic nitrogens is 4. The van der Waals surface area contributed by atoms with Gasteiger partial charge in [0.15, 0.2) is 17.5 Å². The number of hydrogen-bond acceptors (Lipinski definition) is 3. The van der Waals surface area contributed by atoms with Crippen LogP contribution in [-0.4, -0.2) is 19.5 Å². The molecule has 8 aromatic carbocycles. The molecule has 0 amide bonds. The first kappa shape index (κ1) is 32.2. The Morgan fingerprint density at radius 1 is 0.273 bits per heavy atom. The van der Waals surface area contributed by atoms with Gasteiger partial charge >= 0.3 is 0 Å². The lowest BCUT2D eigenvalue weighted by atomic mass is 9.99. The molecule has 0 radical (unpaired) electrons. The fourth-order valence-corrected chi connectivity index (χ4v) is 7.64. The molecule has 2 aromatic heterocycles. The number of nitrogens with zero attached hydrogens (tertiary/aromatic N) is 4. The first-order valence-corrected chi connectivity index (χ1v) is 18.5. The van der Waals surface area contributed by atoms with Gasteiger partial charge in [-0.25, -0.2) is 15.0 Å². The van der Waals surface area contributed by atoms with Crippen LogP contribution in [0.15, 0.2) is 206 Å². The first-order chi connectivity index (χ1) is 27.3. The highest BCUT2D eigenvalue weighted by Gasteiger charge is 2.18. The Kier molecular flexibility index (Phi) is 8.12. The van der Waals surface area contributed by atoms with E-state index in [1.807, 2.05) is 42.5 Å². The quantitative estimate of drug-likeness (QED) is 0.166. The second-order valence-electron chi connectivity index (χ2n) is 13.6. The predicted molar refractivity (Wildman–Crippen MR) is 227 cm³/mol. The summed E-state index contributed by atoms with van der Waals surface area (Å²) in [5.74, 6) is 1.90. The number of rotatable bonds is 7. The van der Waals surface area contributed by atoms with E-state index in [0.29, 0.717) is 17.5 Å². The highest BCUT2D eigenvalue weighted by atomic mass is 15.0. The Balaban J connectivity index is 1.08. The van der Waals surface area contributed by atoms with Crippen molar-refractivity contribution in [2.45, 2.75) is 0 Å². The largest absolute Gasteiger partial charge is 0.309 e. The van der Waals surface area contributed by atoms with E-state index in [4.69, 9.17) is 15.0 Å². The zero-order valence-electron chi connectivity index (χ0n) is 29.9. The van der Waals surface area contributed by atoms with Crippen LogP contribution in [0, 0.1) is 0 Å². The summed E-state index contributed by atoms with van der Waals surface area (Å²) in [4.78, 5) is 15.2. The second kappa shape index (κ2) is 13.8. The molecule has 0 N–H and O–H groups in total. The van der Waals surface area contributed by atoms with Gasteiger partial charge in [0, 0.05) is 33.0 Å². The third-order valence-electron chi connectivity index (χ3n) is 10.3. The van der Waals surface area contributed by atoms with Crippen LogP contribution < -0.4 is 0 Å². The van der Waals surface area contributed by atoms with Crippen molar-refractivity contribution in [2.75, 3.05) is 0 Å². The number of para-hydroxylation sites is 2. The molecule has 0 unspecified atom stereocenters. The molecule has 0 spiro atoms. The minimum absolute atomic E-state index is 0.628. The van der Waals surface area contributed by atoms with Gasteiger partial charge in [-0.1, -0.05) is 182 Å². The van der Waals surface area contributed by atoms with Gasteiger partial charge in [-0.3, -0.25) is 0 Å². The van der Waals surface area contributed by atoms with Crippen LogP contribution in [0.4, 0.5) is 0 Å². The van der Waals surface area contributed by atoms with Crippen LogP contribution in [0.25, 0.3) is 95.0 Å². The molecule has 0 saturated heterocycles. The minimum Gasteiger partial charge on any atom is -0.309 e. The predicted octanol–water partition coefficient (Wildman–Crippen LogP) is 13.0. The normalized spacial score (nSPS) is 11.3. The summed E-state index contributed by atoms with van der Waals surface area (Å²) in [6, 6.07) is 72.2. The van der Waals surface area contributed by atoms with Crippen LogP contribution in [0.2, 0.25) is 0 Å². The zero-order chi connectivity index (χ0) is 36.6. The van der Waals surface area contributed by atoms with Crippen LogP contribution in [0.1, 0.15) is 0 Å². The van der Waals surface area contributed by atoms with E-state index in [1.165, 1.54) is 32.9 Å². The van der Waals surface area contributed by atoms with Crippen LogP contribution in [0.5, 0.6) is 0 Å². The maximum atomic E-state index is 5.12. The number of fused-ring (bicyclic) bond motifs is 3. The van der Waals surface area contributed by atoms with Crippen molar-refractivity contribution in [2.24, 2.45) is 0 Å². The summed E-state index contributed by atoms with van der Waals surface area (Å²) < 4.78 is 2.40. The molecule has 2 heterocycles. The monoisotopic (exact) mass is 702 g/mol. The Bertz CT molecular complexity index is 2950. The molecule has 258 valence electrons. The average molecular weight is 703 g/mol. The van der Waals surface area contributed by atoms with Crippen LogP contribution in [-0.2, 0) is 0 Å². The van der Waals surface area contributed by atoms with Crippen molar-refractivity contribution in [3.63, 3.8) is 0 Å². The van der Waals surface area contributed by atoms with Crippen LogP contribution in [0.3, 0.4) is 0 Å². The molecule has 10 aromatic rings. The Morgan fingerprint density at radius 2 is 0.727 bits per heavy atom. The number of hydrogen-bond donors (Lipinski definition) is 0. The molecular formula is C51H34N4. The maximum Gasteiger partial charge on any atom is 0.164 e. The molecule has 0 fully saturated rings. The van der Waals surface area contributed by atoms with Crippen molar-refractivity contribution in [3.8, 4) is 73.2 Å². The van der Waals surface area contributed by atoms with Gasteiger partial charge in [0.2, 0.25) is 0 Å². The highest BCUT2D eigenvalue weighted by molar-refractivity contribution is 6.11. The van der Waals surface area contributed by atoms with Crippen LogP contribution >= 0.6 is 0 Å². The van der Waals surface area contributed by atoms with Crippen molar-refractivity contribution < 1.29 is 0 Å². The van der Waals surface area contributed by atoms with Gasteiger partial charge in [-0.2, -0.15) is 0 Å². The third kappa shape index (κ3) is 5.96. The second-order valence-corrected chi connectivity index (χ2v) is 13.6. The first-order valence-electron chi connectivity index (χ1n) is 18.5. The lowest BCUT2D eigenvalue weighted by Crippen LogP contribution is -2.01. The van der Waals surface area contributed by atoms with E-state index in [-0.39, 0.29) is 0 Å². The van der Waals surface area contributed by atoms with Gasteiger partial charge in [0.1, 0.15) is 0 Å². The molecule has 0 atom stereocenters. The fraction of sp³-hybridized carbons (Fsp3) is 0. The molecule has 0 aliphatic carbocycles. The lowest BCUT2D eigenvalue weighted by molar-refractivity contribution is 1.07. The molecule has 0 aliphatic heterocycles. The van der Waals surface area contributed by atoms with E-state index in [1.54, 1.807) is 0 Å². The smallest absolute Gasteiger partial charge is 0.164 e. The van der Waals surface area contributed by atoms with E-state index < -0.39 is 0 Å². The van der Waals surface area contributed by atoms with Gasteiger partial charge in [0.05, 0.1) is 16.7 Å². The molecule has 0 aliphatic rings. The Morgan fingerprint density at radius 3 is 1.44 bits per heavy atom. The van der Waals surface area contributed by atoms with Gasteiger partial charge < -0.3 is 4.57 Å².